The third-order valence-electron chi connectivity index (χ3n) is 3.56. The first kappa shape index (κ1) is 18.6. The number of hydrogen-bond donors (Lipinski definition) is 2. The SMILES string of the molecule is C/C(CC(=O)NCCN1CCOCC1)=N/NC(=O)Cc1cccs1. The van der Waals surface area contributed by atoms with E-state index in [0.29, 0.717) is 18.7 Å². The van der Waals surface area contributed by atoms with Gasteiger partial charge in [-0.3, -0.25) is 14.5 Å². The van der Waals surface area contributed by atoms with E-state index in [9.17, 15) is 9.59 Å². The predicted molar refractivity (Wildman–Crippen MR) is 94.2 cm³/mol. The van der Waals surface area contributed by atoms with Crippen LogP contribution < -0.4 is 10.7 Å². The number of ether oxygens (including phenoxy) is 1. The molecule has 2 N–H and O–H groups in total. The fourth-order valence-electron chi connectivity index (χ4n) is 2.28. The lowest BCUT2D eigenvalue weighted by molar-refractivity contribution is -0.121. The van der Waals surface area contributed by atoms with Crippen LogP contribution in [0.4, 0.5) is 0 Å². The molecular formula is C16H24N4O3S. The van der Waals surface area contributed by atoms with Crippen LogP contribution in [0.25, 0.3) is 0 Å². The number of rotatable bonds is 8. The van der Waals surface area contributed by atoms with Crippen LogP contribution in [0, 0.1) is 0 Å². The van der Waals surface area contributed by atoms with Crippen molar-refractivity contribution in [2.24, 2.45) is 5.10 Å². The van der Waals surface area contributed by atoms with Gasteiger partial charge >= 0.3 is 0 Å². The molecule has 2 heterocycles. The summed E-state index contributed by atoms with van der Waals surface area (Å²) >= 11 is 1.53. The Morgan fingerprint density at radius 1 is 1.33 bits per heavy atom. The lowest BCUT2D eigenvalue weighted by Crippen LogP contribution is -2.41. The number of carbonyl (C=O) groups is 2. The number of nitrogens with zero attached hydrogens (tertiary/aromatic N) is 2. The standard InChI is InChI=1S/C16H24N4O3S/c1-13(18-19-16(22)12-14-3-2-10-24-14)11-15(21)17-4-5-20-6-8-23-9-7-20/h2-3,10H,4-9,11-12H2,1H3,(H,17,21)(H,19,22)/b18-13-. The molecule has 0 spiro atoms. The maximum absolute atomic E-state index is 11.8. The Hall–Kier alpha value is -1.77. The molecule has 1 aliphatic heterocycles. The normalized spacial score (nSPS) is 16.0. The highest BCUT2D eigenvalue weighted by molar-refractivity contribution is 7.10. The second-order valence-corrected chi connectivity index (χ2v) is 6.65. The minimum atomic E-state index is -0.176. The van der Waals surface area contributed by atoms with Gasteiger partial charge in [0.1, 0.15) is 0 Å². The minimum Gasteiger partial charge on any atom is -0.379 e. The van der Waals surface area contributed by atoms with E-state index in [-0.39, 0.29) is 18.2 Å². The average molecular weight is 352 g/mol. The Balaban J connectivity index is 1.60. The van der Waals surface area contributed by atoms with E-state index < -0.39 is 0 Å². The van der Waals surface area contributed by atoms with E-state index in [1.54, 1.807) is 6.92 Å². The molecule has 0 atom stereocenters. The van der Waals surface area contributed by atoms with E-state index in [1.165, 1.54) is 11.3 Å². The maximum Gasteiger partial charge on any atom is 0.245 e. The number of hydrogen-bond acceptors (Lipinski definition) is 6. The van der Waals surface area contributed by atoms with Gasteiger partial charge in [0.2, 0.25) is 11.8 Å². The second kappa shape index (κ2) is 10.2. The zero-order valence-electron chi connectivity index (χ0n) is 13.9. The van der Waals surface area contributed by atoms with Crippen molar-refractivity contribution >= 4 is 28.9 Å². The molecule has 2 amide bonds. The predicted octanol–water partition coefficient (Wildman–Crippen LogP) is 0.621. The fraction of sp³-hybridized carbons (Fsp3) is 0.562. The van der Waals surface area contributed by atoms with E-state index in [0.717, 1.165) is 37.7 Å². The highest BCUT2D eigenvalue weighted by Gasteiger charge is 2.10. The van der Waals surface area contributed by atoms with Crippen LogP contribution >= 0.6 is 11.3 Å². The Morgan fingerprint density at radius 3 is 2.83 bits per heavy atom. The summed E-state index contributed by atoms with van der Waals surface area (Å²) < 4.78 is 5.28. The van der Waals surface area contributed by atoms with Gasteiger partial charge < -0.3 is 10.1 Å². The summed E-state index contributed by atoms with van der Waals surface area (Å²) in [7, 11) is 0. The van der Waals surface area contributed by atoms with Gasteiger partial charge in [-0.25, -0.2) is 5.43 Å². The molecule has 1 aromatic rings. The topological polar surface area (TPSA) is 83.0 Å². The first-order valence-electron chi connectivity index (χ1n) is 8.04. The van der Waals surface area contributed by atoms with Crippen LogP contribution in [0.5, 0.6) is 0 Å². The largest absolute Gasteiger partial charge is 0.379 e. The van der Waals surface area contributed by atoms with Crippen molar-refractivity contribution in [3.63, 3.8) is 0 Å². The quantitative estimate of drug-likeness (QED) is 0.531. The molecule has 0 aliphatic carbocycles. The molecule has 0 bridgehead atoms. The molecule has 24 heavy (non-hydrogen) atoms. The lowest BCUT2D eigenvalue weighted by Gasteiger charge is -2.26. The average Bonchev–Trinajstić information content (AvgIpc) is 3.07. The zero-order valence-corrected chi connectivity index (χ0v) is 14.7. The molecule has 0 radical (unpaired) electrons. The molecular weight excluding hydrogens is 328 g/mol. The summed E-state index contributed by atoms with van der Waals surface area (Å²) in [6.45, 7) is 6.49. The van der Waals surface area contributed by atoms with E-state index >= 15 is 0 Å². The zero-order chi connectivity index (χ0) is 17.2. The van der Waals surface area contributed by atoms with Gasteiger partial charge in [0.05, 0.1) is 26.1 Å². The molecule has 1 saturated heterocycles. The Morgan fingerprint density at radius 2 is 2.12 bits per heavy atom. The van der Waals surface area contributed by atoms with Crippen LogP contribution in [0.1, 0.15) is 18.2 Å². The molecule has 2 rings (SSSR count). The number of amides is 2. The Labute approximate surface area is 146 Å². The van der Waals surface area contributed by atoms with Crippen molar-refractivity contribution in [2.45, 2.75) is 19.8 Å². The van der Waals surface area contributed by atoms with E-state index in [2.05, 4.69) is 20.7 Å². The maximum atomic E-state index is 11.8. The van der Waals surface area contributed by atoms with Crippen LogP contribution in [-0.2, 0) is 20.7 Å². The molecule has 0 saturated carbocycles. The van der Waals surface area contributed by atoms with Gasteiger partial charge in [0.15, 0.2) is 0 Å². The fourth-order valence-corrected chi connectivity index (χ4v) is 2.98. The number of hydrazone groups is 1. The summed E-state index contributed by atoms with van der Waals surface area (Å²) in [6.07, 6.45) is 0.489. The summed E-state index contributed by atoms with van der Waals surface area (Å²) in [6, 6.07) is 3.81. The molecule has 0 aromatic carbocycles. The smallest absolute Gasteiger partial charge is 0.245 e. The number of carbonyl (C=O) groups excluding carboxylic acids is 2. The summed E-state index contributed by atoms with van der Waals surface area (Å²) in [5, 5.41) is 8.78. The van der Waals surface area contributed by atoms with Crippen LogP contribution in [0.3, 0.4) is 0 Å². The van der Waals surface area contributed by atoms with Crippen molar-refractivity contribution in [1.82, 2.24) is 15.6 Å². The number of thiophene rings is 1. The van der Waals surface area contributed by atoms with Crippen LogP contribution in [-0.4, -0.2) is 61.8 Å². The van der Waals surface area contributed by atoms with Crippen molar-refractivity contribution in [1.29, 1.82) is 0 Å². The molecule has 132 valence electrons. The third-order valence-corrected chi connectivity index (χ3v) is 4.43. The highest BCUT2D eigenvalue weighted by Crippen LogP contribution is 2.08. The van der Waals surface area contributed by atoms with Crippen molar-refractivity contribution in [3.05, 3.63) is 22.4 Å². The molecule has 1 aliphatic rings. The number of morpholine rings is 1. The monoisotopic (exact) mass is 352 g/mol. The van der Waals surface area contributed by atoms with E-state index in [4.69, 9.17) is 4.74 Å². The van der Waals surface area contributed by atoms with Gasteiger partial charge in [-0.05, 0) is 18.4 Å². The van der Waals surface area contributed by atoms with Gasteiger partial charge in [0.25, 0.3) is 0 Å². The Kier molecular flexibility index (Phi) is 7.87. The first-order chi connectivity index (χ1) is 11.6. The molecule has 1 aromatic heterocycles. The molecule has 8 heteroatoms. The molecule has 0 unspecified atom stereocenters. The van der Waals surface area contributed by atoms with Crippen LogP contribution in [0.15, 0.2) is 22.6 Å². The van der Waals surface area contributed by atoms with Crippen molar-refractivity contribution < 1.29 is 14.3 Å². The summed E-state index contributed by atoms with van der Waals surface area (Å²) in [5.74, 6) is -0.262. The molecule has 7 nitrogen and oxygen atoms in total. The van der Waals surface area contributed by atoms with Gasteiger partial charge in [-0.2, -0.15) is 5.10 Å². The van der Waals surface area contributed by atoms with Gasteiger partial charge in [0, 0.05) is 36.8 Å². The highest BCUT2D eigenvalue weighted by atomic mass is 32.1. The van der Waals surface area contributed by atoms with Crippen LogP contribution in [0.2, 0.25) is 0 Å². The first-order valence-corrected chi connectivity index (χ1v) is 8.92. The summed E-state index contributed by atoms with van der Waals surface area (Å²) in [4.78, 5) is 26.8. The Bertz CT molecular complexity index is 554. The van der Waals surface area contributed by atoms with Gasteiger partial charge in [-0.1, -0.05) is 6.07 Å². The summed E-state index contributed by atoms with van der Waals surface area (Å²) in [5.41, 5.74) is 3.07. The third kappa shape index (κ3) is 7.20. The second-order valence-electron chi connectivity index (χ2n) is 5.62. The van der Waals surface area contributed by atoms with Crippen molar-refractivity contribution in [3.8, 4) is 0 Å². The lowest BCUT2D eigenvalue weighted by atomic mass is 10.3. The van der Waals surface area contributed by atoms with E-state index in [1.807, 2.05) is 17.5 Å². The van der Waals surface area contributed by atoms with Gasteiger partial charge in [-0.15, -0.1) is 11.3 Å². The van der Waals surface area contributed by atoms with Crippen molar-refractivity contribution in [2.75, 3.05) is 39.4 Å². The number of nitrogens with one attached hydrogen (secondary N) is 2. The minimum absolute atomic E-state index is 0.0861. The molecule has 1 fully saturated rings.